The maximum atomic E-state index is 5.15. The molecular formula is C11H19N3O. The van der Waals surface area contributed by atoms with Crippen molar-refractivity contribution in [3.63, 3.8) is 0 Å². The van der Waals surface area contributed by atoms with E-state index in [0.717, 1.165) is 32.7 Å². The lowest BCUT2D eigenvalue weighted by atomic mass is 10.1. The van der Waals surface area contributed by atoms with E-state index >= 15 is 0 Å². The maximum absolute atomic E-state index is 5.15. The van der Waals surface area contributed by atoms with Crippen LogP contribution in [0.1, 0.15) is 18.3 Å². The zero-order valence-corrected chi connectivity index (χ0v) is 9.49. The fraction of sp³-hybridized carbons (Fsp3) is 0.727. The standard InChI is InChI=1S/C11H19N3O/c1-9(7-15-2)6-14-8-13-10-5-12-4-3-11(10)14/h8-9,12H,3-7H2,1-2H3. The molecule has 0 aliphatic carbocycles. The predicted molar refractivity (Wildman–Crippen MR) is 58.7 cm³/mol. The number of imidazole rings is 1. The van der Waals surface area contributed by atoms with E-state index < -0.39 is 0 Å². The third kappa shape index (κ3) is 2.38. The highest BCUT2D eigenvalue weighted by molar-refractivity contribution is 5.16. The van der Waals surface area contributed by atoms with Crippen molar-refractivity contribution >= 4 is 0 Å². The minimum Gasteiger partial charge on any atom is -0.384 e. The van der Waals surface area contributed by atoms with Gasteiger partial charge >= 0.3 is 0 Å². The molecule has 4 heteroatoms. The molecule has 1 N–H and O–H groups in total. The van der Waals surface area contributed by atoms with Gasteiger partial charge in [0.2, 0.25) is 0 Å². The van der Waals surface area contributed by atoms with E-state index in [1.54, 1.807) is 7.11 Å². The van der Waals surface area contributed by atoms with Crippen LogP contribution < -0.4 is 5.32 Å². The number of methoxy groups -OCH3 is 1. The van der Waals surface area contributed by atoms with Crippen LogP contribution >= 0.6 is 0 Å². The molecule has 0 amide bonds. The van der Waals surface area contributed by atoms with Crippen molar-refractivity contribution in [1.82, 2.24) is 14.9 Å². The van der Waals surface area contributed by atoms with Gasteiger partial charge in [-0.05, 0) is 5.92 Å². The topological polar surface area (TPSA) is 39.1 Å². The fourth-order valence-electron chi connectivity index (χ4n) is 2.13. The second-order valence-corrected chi connectivity index (χ2v) is 4.28. The number of fused-ring (bicyclic) bond motifs is 1. The Labute approximate surface area is 90.6 Å². The molecule has 0 bridgehead atoms. The number of ether oxygens (including phenoxy) is 1. The number of hydrogen-bond donors (Lipinski definition) is 1. The lowest BCUT2D eigenvalue weighted by molar-refractivity contribution is 0.151. The van der Waals surface area contributed by atoms with Gasteiger partial charge in [-0.2, -0.15) is 0 Å². The largest absolute Gasteiger partial charge is 0.384 e. The summed E-state index contributed by atoms with van der Waals surface area (Å²) in [5, 5.41) is 3.33. The smallest absolute Gasteiger partial charge is 0.0952 e. The molecule has 1 aromatic rings. The normalized spacial score (nSPS) is 17.5. The number of aromatic nitrogens is 2. The Morgan fingerprint density at radius 3 is 3.33 bits per heavy atom. The van der Waals surface area contributed by atoms with Crippen molar-refractivity contribution in [3.8, 4) is 0 Å². The molecule has 84 valence electrons. The van der Waals surface area contributed by atoms with E-state index in [0.29, 0.717) is 5.92 Å². The molecular weight excluding hydrogens is 190 g/mol. The molecule has 1 aromatic heterocycles. The van der Waals surface area contributed by atoms with Gasteiger partial charge < -0.3 is 14.6 Å². The number of hydrogen-bond acceptors (Lipinski definition) is 3. The van der Waals surface area contributed by atoms with Crippen LogP contribution in [0.4, 0.5) is 0 Å². The highest BCUT2D eigenvalue weighted by Crippen LogP contribution is 2.14. The summed E-state index contributed by atoms with van der Waals surface area (Å²) in [7, 11) is 1.75. The molecule has 0 fully saturated rings. The summed E-state index contributed by atoms with van der Waals surface area (Å²) in [5.74, 6) is 0.545. The molecule has 1 aliphatic rings. The Morgan fingerprint density at radius 1 is 1.67 bits per heavy atom. The monoisotopic (exact) mass is 209 g/mol. The summed E-state index contributed by atoms with van der Waals surface area (Å²) in [5.41, 5.74) is 2.61. The first-order chi connectivity index (χ1) is 7.31. The Balaban J connectivity index is 2.05. The Bertz CT molecular complexity index is 322. The highest BCUT2D eigenvalue weighted by Gasteiger charge is 2.15. The summed E-state index contributed by atoms with van der Waals surface area (Å²) in [6.07, 6.45) is 3.05. The molecule has 1 atom stereocenters. The molecule has 0 saturated heterocycles. The van der Waals surface area contributed by atoms with Gasteiger partial charge in [0.1, 0.15) is 0 Å². The summed E-state index contributed by atoms with van der Waals surface area (Å²) in [6.45, 7) is 6.01. The molecule has 0 radical (unpaired) electrons. The average molecular weight is 209 g/mol. The van der Waals surface area contributed by atoms with E-state index in [1.165, 1.54) is 11.4 Å². The Hall–Kier alpha value is -0.870. The molecule has 0 saturated carbocycles. The number of nitrogens with one attached hydrogen (secondary N) is 1. The summed E-state index contributed by atoms with van der Waals surface area (Å²) in [6, 6.07) is 0. The van der Waals surface area contributed by atoms with E-state index in [2.05, 4.69) is 21.8 Å². The van der Waals surface area contributed by atoms with Crippen molar-refractivity contribution < 1.29 is 4.74 Å². The third-order valence-corrected chi connectivity index (χ3v) is 2.82. The van der Waals surface area contributed by atoms with Crippen molar-refractivity contribution in [2.75, 3.05) is 20.3 Å². The van der Waals surface area contributed by atoms with E-state index in [-0.39, 0.29) is 0 Å². The number of nitrogens with zero attached hydrogens (tertiary/aromatic N) is 2. The van der Waals surface area contributed by atoms with E-state index in [9.17, 15) is 0 Å². The van der Waals surface area contributed by atoms with Crippen LogP contribution in [-0.4, -0.2) is 29.8 Å². The van der Waals surface area contributed by atoms with Crippen LogP contribution in [0.3, 0.4) is 0 Å². The molecule has 0 aromatic carbocycles. The molecule has 2 heterocycles. The van der Waals surface area contributed by atoms with E-state index in [1.807, 2.05) is 6.33 Å². The molecule has 1 unspecified atom stereocenters. The summed E-state index contributed by atoms with van der Waals surface area (Å²) < 4.78 is 7.43. The van der Waals surface area contributed by atoms with Crippen molar-refractivity contribution in [2.24, 2.45) is 5.92 Å². The van der Waals surface area contributed by atoms with E-state index in [4.69, 9.17) is 4.74 Å². The maximum Gasteiger partial charge on any atom is 0.0952 e. The van der Waals surface area contributed by atoms with Crippen molar-refractivity contribution in [1.29, 1.82) is 0 Å². The van der Waals surface area contributed by atoms with Crippen LogP contribution in [-0.2, 0) is 24.2 Å². The zero-order chi connectivity index (χ0) is 10.7. The van der Waals surface area contributed by atoms with Crippen LogP contribution in [0.2, 0.25) is 0 Å². The second-order valence-electron chi connectivity index (χ2n) is 4.28. The summed E-state index contributed by atoms with van der Waals surface area (Å²) >= 11 is 0. The first-order valence-electron chi connectivity index (χ1n) is 5.53. The van der Waals surface area contributed by atoms with Crippen LogP contribution in [0, 0.1) is 5.92 Å². The average Bonchev–Trinajstić information content (AvgIpc) is 2.62. The minimum absolute atomic E-state index is 0.545. The molecule has 1 aliphatic heterocycles. The first-order valence-corrected chi connectivity index (χ1v) is 5.53. The molecule has 2 rings (SSSR count). The molecule has 0 spiro atoms. The second kappa shape index (κ2) is 4.77. The van der Waals surface area contributed by atoms with Gasteiger partial charge in [-0.3, -0.25) is 0 Å². The first kappa shape index (κ1) is 10.6. The van der Waals surface area contributed by atoms with Gasteiger partial charge in [-0.15, -0.1) is 0 Å². The Morgan fingerprint density at radius 2 is 2.53 bits per heavy atom. The highest BCUT2D eigenvalue weighted by atomic mass is 16.5. The van der Waals surface area contributed by atoms with Gasteiger partial charge in [-0.1, -0.05) is 6.92 Å². The fourth-order valence-corrected chi connectivity index (χ4v) is 2.13. The van der Waals surface area contributed by atoms with Gasteiger partial charge in [0.15, 0.2) is 0 Å². The van der Waals surface area contributed by atoms with Gasteiger partial charge in [0.25, 0.3) is 0 Å². The number of rotatable bonds is 4. The Kier molecular flexibility index (Phi) is 3.38. The van der Waals surface area contributed by atoms with Crippen LogP contribution in [0.5, 0.6) is 0 Å². The third-order valence-electron chi connectivity index (χ3n) is 2.82. The van der Waals surface area contributed by atoms with Gasteiger partial charge in [0.05, 0.1) is 18.6 Å². The zero-order valence-electron chi connectivity index (χ0n) is 9.49. The van der Waals surface area contributed by atoms with Gasteiger partial charge in [0, 0.05) is 38.9 Å². The minimum atomic E-state index is 0.545. The predicted octanol–water partition coefficient (Wildman–Crippen LogP) is 0.811. The lowest BCUT2D eigenvalue weighted by Gasteiger charge is -2.17. The summed E-state index contributed by atoms with van der Waals surface area (Å²) in [4.78, 5) is 4.43. The lowest BCUT2D eigenvalue weighted by Crippen LogP contribution is -2.25. The van der Waals surface area contributed by atoms with Crippen LogP contribution in [0.15, 0.2) is 6.33 Å². The van der Waals surface area contributed by atoms with Gasteiger partial charge in [-0.25, -0.2) is 4.98 Å². The SMILES string of the molecule is COCC(C)Cn1cnc2c1CCNC2. The molecule has 15 heavy (non-hydrogen) atoms. The van der Waals surface area contributed by atoms with Crippen molar-refractivity contribution in [3.05, 3.63) is 17.7 Å². The van der Waals surface area contributed by atoms with Crippen LogP contribution in [0.25, 0.3) is 0 Å². The van der Waals surface area contributed by atoms with Crippen molar-refractivity contribution in [2.45, 2.75) is 26.4 Å². The molecule has 4 nitrogen and oxygen atoms in total. The quantitative estimate of drug-likeness (QED) is 0.797.